The number of pyridine rings is 1. The molecule has 0 radical (unpaired) electrons. The monoisotopic (exact) mass is 534 g/mol. The van der Waals surface area contributed by atoms with Gasteiger partial charge in [-0.05, 0) is 76.2 Å². The Morgan fingerprint density at radius 1 is 1.10 bits per heavy atom. The van der Waals surface area contributed by atoms with E-state index in [1.165, 1.54) is 31.0 Å². The number of carbonyl (C=O) groups is 2. The van der Waals surface area contributed by atoms with Gasteiger partial charge < -0.3 is 15.7 Å². The first-order chi connectivity index (χ1) is 18.8. The van der Waals surface area contributed by atoms with Crippen LogP contribution in [0.1, 0.15) is 60.9 Å². The molecule has 9 nitrogen and oxygen atoms in total. The highest BCUT2D eigenvalue weighted by Gasteiger charge is 2.55. The highest BCUT2D eigenvalue weighted by atomic mass is 16.3. The number of amides is 2. The van der Waals surface area contributed by atoms with E-state index < -0.39 is 6.35 Å². The lowest BCUT2D eigenvalue weighted by Crippen LogP contribution is -2.57. The summed E-state index contributed by atoms with van der Waals surface area (Å²) in [6.07, 6.45) is 8.28. The molecule has 1 saturated heterocycles. The summed E-state index contributed by atoms with van der Waals surface area (Å²) >= 11 is 0. The Hall–Kier alpha value is -2.85. The summed E-state index contributed by atoms with van der Waals surface area (Å²) in [5.74, 6) is 0.445. The van der Waals surface area contributed by atoms with Gasteiger partial charge in [0.1, 0.15) is 5.82 Å². The number of nitrogens with zero attached hydrogens (tertiary/aromatic N) is 4. The molecule has 2 aliphatic carbocycles. The fraction of sp³-hybridized carbons (Fsp3) is 0.567. The number of anilines is 1. The molecule has 9 heteroatoms. The van der Waals surface area contributed by atoms with E-state index in [0.717, 1.165) is 32.2 Å². The van der Waals surface area contributed by atoms with Crippen LogP contribution in [-0.4, -0.2) is 89.3 Å². The molecule has 2 amide bonds. The topological polar surface area (TPSA) is 101 Å². The molecular formula is C30H42N6O3. The van der Waals surface area contributed by atoms with Crippen molar-refractivity contribution in [2.24, 2.45) is 5.92 Å². The van der Waals surface area contributed by atoms with Crippen LogP contribution < -0.4 is 10.6 Å². The summed E-state index contributed by atoms with van der Waals surface area (Å²) in [6, 6.07) is 13.9. The molecule has 1 aliphatic heterocycles. The summed E-state index contributed by atoms with van der Waals surface area (Å²) in [4.78, 5) is 35.8. The molecular weight excluding hydrogens is 492 g/mol. The maximum atomic E-state index is 13.1. The highest BCUT2D eigenvalue weighted by Crippen LogP contribution is 2.50. The summed E-state index contributed by atoms with van der Waals surface area (Å²) in [7, 11) is 5.91. The van der Waals surface area contributed by atoms with E-state index >= 15 is 0 Å². The molecule has 2 aromatic rings. The van der Waals surface area contributed by atoms with E-state index in [9.17, 15) is 14.7 Å². The molecule has 1 atom stereocenters. The second-order valence-corrected chi connectivity index (χ2v) is 11.8. The number of benzene rings is 1. The molecule has 1 spiro atoms. The van der Waals surface area contributed by atoms with Gasteiger partial charge in [-0.1, -0.05) is 36.8 Å². The summed E-state index contributed by atoms with van der Waals surface area (Å²) < 4.78 is 0. The van der Waals surface area contributed by atoms with Crippen LogP contribution in [0, 0.1) is 5.92 Å². The van der Waals surface area contributed by atoms with Crippen LogP contribution in [0.5, 0.6) is 0 Å². The number of hydrogen-bond acceptors (Lipinski definition) is 7. The van der Waals surface area contributed by atoms with Gasteiger partial charge in [-0.15, -0.1) is 0 Å². The van der Waals surface area contributed by atoms with Gasteiger partial charge in [-0.25, -0.2) is 4.98 Å². The van der Waals surface area contributed by atoms with E-state index in [-0.39, 0.29) is 29.4 Å². The number of aliphatic hydroxyl groups excluding tert-OH is 1. The number of hydrogen-bond donors (Lipinski definition) is 3. The van der Waals surface area contributed by atoms with Crippen LogP contribution in [0.15, 0.2) is 48.7 Å². The average molecular weight is 535 g/mol. The van der Waals surface area contributed by atoms with Crippen molar-refractivity contribution in [3.63, 3.8) is 0 Å². The van der Waals surface area contributed by atoms with E-state index in [0.29, 0.717) is 23.8 Å². The van der Waals surface area contributed by atoms with Crippen LogP contribution >= 0.6 is 0 Å². The normalized spacial score (nSPS) is 28.0. The van der Waals surface area contributed by atoms with Gasteiger partial charge in [0.05, 0.1) is 6.54 Å². The van der Waals surface area contributed by atoms with Crippen molar-refractivity contribution in [2.45, 2.75) is 62.4 Å². The van der Waals surface area contributed by atoms with Gasteiger partial charge in [0.25, 0.3) is 5.91 Å². The molecule has 2 saturated carbocycles. The van der Waals surface area contributed by atoms with Crippen molar-refractivity contribution in [2.75, 3.05) is 46.1 Å². The van der Waals surface area contributed by atoms with Gasteiger partial charge >= 0.3 is 0 Å². The number of carbonyl (C=O) groups excluding carboxylic acids is 2. The Morgan fingerprint density at radius 3 is 2.44 bits per heavy atom. The minimum Gasteiger partial charge on any atom is -0.365 e. The van der Waals surface area contributed by atoms with Crippen molar-refractivity contribution in [3.05, 3.63) is 59.8 Å². The van der Waals surface area contributed by atoms with E-state index in [2.05, 4.69) is 69.8 Å². The number of aliphatic hydroxyl groups is 1. The Kier molecular flexibility index (Phi) is 8.05. The molecule has 3 fully saturated rings. The molecule has 3 aliphatic rings. The lowest BCUT2D eigenvalue weighted by Gasteiger charge is -2.52. The number of rotatable bonds is 8. The molecule has 0 bridgehead atoms. The first-order valence-corrected chi connectivity index (χ1v) is 14.2. The first-order valence-electron chi connectivity index (χ1n) is 14.2. The zero-order chi connectivity index (χ0) is 27.6. The van der Waals surface area contributed by atoms with Crippen LogP contribution in [-0.2, 0) is 10.3 Å². The predicted octanol–water partition coefficient (Wildman–Crippen LogP) is 2.84. The van der Waals surface area contributed by atoms with Crippen molar-refractivity contribution >= 4 is 17.6 Å². The van der Waals surface area contributed by atoms with Crippen molar-refractivity contribution < 1.29 is 14.7 Å². The largest absolute Gasteiger partial charge is 0.365 e. The molecule has 39 heavy (non-hydrogen) atoms. The Bertz CT molecular complexity index is 1160. The Labute approximate surface area is 231 Å². The average Bonchev–Trinajstić information content (AvgIpc) is 3.16. The van der Waals surface area contributed by atoms with Crippen molar-refractivity contribution in [1.82, 2.24) is 25.0 Å². The smallest absolute Gasteiger partial charge is 0.251 e. The Balaban J connectivity index is 1.32. The van der Waals surface area contributed by atoms with E-state index in [4.69, 9.17) is 0 Å². The minimum absolute atomic E-state index is 0.0358. The predicted molar refractivity (Wildman–Crippen MR) is 151 cm³/mol. The zero-order valence-electron chi connectivity index (χ0n) is 23.4. The van der Waals surface area contributed by atoms with Crippen LogP contribution in [0.25, 0.3) is 0 Å². The first kappa shape index (κ1) is 27.7. The van der Waals surface area contributed by atoms with Gasteiger partial charge in [0.2, 0.25) is 5.91 Å². The molecule has 2 heterocycles. The molecule has 1 aromatic heterocycles. The number of nitrogens with one attached hydrogen (secondary N) is 2. The van der Waals surface area contributed by atoms with Crippen molar-refractivity contribution in [1.29, 1.82) is 0 Å². The molecule has 5 rings (SSSR count). The van der Waals surface area contributed by atoms with E-state index in [1.54, 1.807) is 19.2 Å². The fourth-order valence-corrected chi connectivity index (χ4v) is 6.84. The van der Waals surface area contributed by atoms with Gasteiger partial charge in [0.15, 0.2) is 6.35 Å². The summed E-state index contributed by atoms with van der Waals surface area (Å²) in [5, 5.41) is 17.0. The lowest BCUT2D eigenvalue weighted by molar-refractivity contribution is -0.126. The lowest BCUT2D eigenvalue weighted by atomic mass is 9.68. The van der Waals surface area contributed by atoms with Crippen LogP contribution in [0.4, 0.5) is 5.82 Å². The standard InChI is InChI=1S/C30H42N6O3/c1-31-27(38)23-12-17-32-25(18-23)33-26(37)20-35-21-29(36(28(35)39)19-22-8-7-9-22)13-15-30(16-14-29,34(2)3)24-10-5-4-6-11-24/h4-6,10-12,17-18,22,28,39H,7-9,13-16,19-21H2,1-3H3,(H,31,38)(H,32,33,37). The molecule has 1 unspecified atom stereocenters. The minimum atomic E-state index is -0.801. The van der Waals surface area contributed by atoms with Gasteiger partial charge in [0, 0.05) is 43.0 Å². The quantitative estimate of drug-likeness (QED) is 0.479. The van der Waals surface area contributed by atoms with Crippen LogP contribution in [0.2, 0.25) is 0 Å². The van der Waals surface area contributed by atoms with Gasteiger partial charge in [-0.3, -0.25) is 24.3 Å². The third-order valence-electron chi connectivity index (χ3n) is 9.43. The second kappa shape index (κ2) is 11.3. The maximum absolute atomic E-state index is 13.1. The molecule has 1 aromatic carbocycles. The molecule has 210 valence electrons. The second-order valence-electron chi connectivity index (χ2n) is 11.8. The van der Waals surface area contributed by atoms with Gasteiger partial charge in [-0.2, -0.15) is 0 Å². The zero-order valence-corrected chi connectivity index (χ0v) is 23.4. The van der Waals surface area contributed by atoms with Crippen molar-refractivity contribution in [3.8, 4) is 0 Å². The highest BCUT2D eigenvalue weighted by molar-refractivity contribution is 5.96. The number of aromatic nitrogens is 1. The fourth-order valence-electron chi connectivity index (χ4n) is 6.84. The Morgan fingerprint density at radius 2 is 1.82 bits per heavy atom. The maximum Gasteiger partial charge on any atom is 0.251 e. The SMILES string of the molecule is CNC(=O)c1ccnc(NC(=O)CN2CC3(CCC(c4ccccc4)(N(C)C)CC3)N(CC3CCC3)C2O)c1. The van der Waals surface area contributed by atoms with E-state index in [1.807, 2.05) is 4.90 Å². The molecule has 3 N–H and O–H groups in total. The third-order valence-corrected chi connectivity index (χ3v) is 9.43. The summed E-state index contributed by atoms with van der Waals surface area (Å²) in [6.45, 7) is 1.58. The summed E-state index contributed by atoms with van der Waals surface area (Å²) in [5.41, 5.74) is 1.57. The van der Waals surface area contributed by atoms with Crippen LogP contribution in [0.3, 0.4) is 0 Å². The third kappa shape index (κ3) is 5.45.